The summed E-state index contributed by atoms with van der Waals surface area (Å²) in [5.74, 6) is -3.07. The molecule has 0 saturated carbocycles. The van der Waals surface area contributed by atoms with Gasteiger partial charge in [-0.05, 0) is 18.2 Å². The van der Waals surface area contributed by atoms with E-state index in [0.29, 0.717) is 4.73 Å². The largest absolute Gasteiger partial charge is 0.493 e. The topological polar surface area (TPSA) is 87.2 Å². The summed E-state index contributed by atoms with van der Waals surface area (Å²) >= 11 is 0. The van der Waals surface area contributed by atoms with Crippen LogP contribution in [0.4, 0.5) is 13.2 Å². The molecule has 100 valence electrons. The number of aromatic nitrogens is 2. The van der Waals surface area contributed by atoms with E-state index in [1.54, 1.807) is 0 Å². The summed E-state index contributed by atoms with van der Waals surface area (Å²) < 4.78 is 36.7. The zero-order valence-electron chi connectivity index (χ0n) is 9.14. The maximum atomic E-state index is 12.0. The summed E-state index contributed by atoms with van der Waals surface area (Å²) in [5, 5.41) is 0. The molecule has 0 atom stereocenters. The lowest BCUT2D eigenvalue weighted by Gasteiger charge is -2.07. The van der Waals surface area contributed by atoms with Crippen LogP contribution in [0.2, 0.25) is 0 Å². The van der Waals surface area contributed by atoms with Crippen LogP contribution in [-0.4, -0.2) is 27.8 Å². The van der Waals surface area contributed by atoms with Crippen molar-refractivity contribution in [2.24, 2.45) is 5.73 Å². The van der Waals surface area contributed by atoms with E-state index in [4.69, 9.17) is 5.73 Å². The van der Waals surface area contributed by atoms with Crippen LogP contribution in [0, 0.1) is 0 Å². The summed E-state index contributed by atoms with van der Waals surface area (Å²) in [5.41, 5.74) is 5.45. The Morgan fingerprint density at radius 1 is 1.32 bits per heavy atom. The normalized spacial score (nSPS) is 11.5. The van der Waals surface area contributed by atoms with Crippen molar-refractivity contribution in [2.75, 3.05) is 0 Å². The minimum Gasteiger partial charge on any atom is -0.366 e. The Morgan fingerprint density at radius 3 is 2.58 bits per heavy atom. The molecule has 0 spiro atoms. The second-order valence-corrected chi connectivity index (χ2v) is 3.51. The average Bonchev–Trinajstić information content (AvgIpc) is 2.70. The molecule has 0 radical (unpaired) electrons. The number of halogens is 3. The van der Waals surface area contributed by atoms with Crippen LogP contribution in [0.15, 0.2) is 24.5 Å². The molecular weight excluding hydrogens is 267 g/mol. The number of carbonyl (C=O) groups excluding carboxylic acids is 2. The molecule has 0 bridgehead atoms. The number of fused-ring (bicyclic) bond motifs is 1. The van der Waals surface area contributed by atoms with Crippen molar-refractivity contribution in [3.05, 3.63) is 30.1 Å². The van der Waals surface area contributed by atoms with Crippen LogP contribution in [0.3, 0.4) is 0 Å². The summed E-state index contributed by atoms with van der Waals surface area (Å²) in [4.78, 5) is 29.4. The molecular formula is C10H6F3N3O3. The fraction of sp³-hybridized carbons (Fsp3) is 0.100. The van der Waals surface area contributed by atoms with Gasteiger partial charge in [0.15, 0.2) is 0 Å². The van der Waals surface area contributed by atoms with Crippen molar-refractivity contribution in [1.29, 1.82) is 0 Å². The van der Waals surface area contributed by atoms with E-state index in [9.17, 15) is 22.8 Å². The van der Waals surface area contributed by atoms with Gasteiger partial charge in [-0.3, -0.25) is 4.79 Å². The number of carbonyl (C=O) groups is 2. The van der Waals surface area contributed by atoms with Gasteiger partial charge in [-0.25, -0.2) is 9.78 Å². The highest BCUT2D eigenvalue weighted by Crippen LogP contribution is 2.18. The van der Waals surface area contributed by atoms with Crippen LogP contribution < -0.4 is 10.6 Å². The van der Waals surface area contributed by atoms with Crippen molar-refractivity contribution in [1.82, 2.24) is 9.71 Å². The van der Waals surface area contributed by atoms with E-state index in [2.05, 4.69) is 9.82 Å². The number of primary amides is 1. The van der Waals surface area contributed by atoms with Gasteiger partial charge in [0, 0.05) is 5.56 Å². The lowest BCUT2D eigenvalue weighted by Crippen LogP contribution is -2.32. The third kappa shape index (κ3) is 2.49. The van der Waals surface area contributed by atoms with Crippen LogP contribution in [0.1, 0.15) is 10.4 Å². The van der Waals surface area contributed by atoms with Gasteiger partial charge < -0.3 is 10.6 Å². The standard InChI is InChI=1S/C10H6F3N3O3/c11-10(12,13)9(18)19-16-4-15-6-3-5(8(14)17)1-2-7(6)16/h1-4H,(H2,14,17). The van der Waals surface area contributed by atoms with Crippen molar-refractivity contribution in [2.45, 2.75) is 6.18 Å². The van der Waals surface area contributed by atoms with Gasteiger partial charge in [0.2, 0.25) is 5.91 Å². The molecule has 1 heterocycles. The van der Waals surface area contributed by atoms with Crippen LogP contribution in [0.25, 0.3) is 11.0 Å². The van der Waals surface area contributed by atoms with Gasteiger partial charge in [-0.15, -0.1) is 0 Å². The maximum Gasteiger partial charge on any atom is 0.493 e. The number of imidazole rings is 1. The summed E-state index contributed by atoms with van der Waals surface area (Å²) in [6.07, 6.45) is -4.22. The third-order valence-corrected chi connectivity index (χ3v) is 2.21. The number of nitrogens with zero attached hydrogens (tertiary/aromatic N) is 2. The zero-order chi connectivity index (χ0) is 14.2. The first-order valence-electron chi connectivity index (χ1n) is 4.85. The average molecular weight is 273 g/mol. The number of rotatable bonds is 2. The van der Waals surface area contributed by atoms with Gasteiger partial charge in [-0.1, -0.05) is 0 Å². The molecule has 6 nitrogen and oxygen atoms in total. The Morgan fingerprint density at radius 2 is 2.00 bits per heavy atom. The van der Waals surface area contributed by atoms with E-state index in [1.165, 1.54) is 18.2 Å². The van der Waals surface area contributed by atoms with Gasteiger partial charge >= 0.3 is 12.1 Å². The Hall–Kier alpha value is -2.58. The predicted molar refractivity (Wildman–Crippen MR) is 55.9 cm³/mol. The minimum absolute atomic E-state index is 0.0996. The van der Waals surface area contributed by atoms with Crippen molar-refractivity contribution in [3.63, 3.8) is 0 Å². The molecule has 1 aromatic heterocycles. The Kier molecular flexibility index (Phi) is 2.89. The molecule has 0 fully saturated rings. The van der Waals surface area contributed by atoms with Crippen LogP contribution in [0.5, 0.6) is 0 Å². The summed E-state index contributed by atoms with van der Waals surface area (Å²) in [7, 11) is 0. The van der Waals surface area contributed by atoms with E-state index >= 15 is 0 Å². The molecule has 2 aromatic rings. The number of benzene rings is 1. The van der Waals surface area contributed by atoms with Gasteiger partial charge in [0.1, 0.15) is 11.8 Å². The van der Waals surface area contributed by atoms with Crippen LogP contribution in [-0.2, 0) is 4.79 Å². The van der Waals surface area contributed by atoms with E-state index in [0.717, 1.165) is 6.33 Å². The molecule has 0 aliphatic carbocycles. The number of alkyl halides is 3. The molecule has 1 amide bonds. The summed E-state index contributed by atoms with van der Waals surface area (Å²) in [6, 6.07) is 3.83. The first-order chi connectivity index (χ1) is 8.79. The van der Waals surface area contributed by atoms with Crippen molar-refractivity contribution < 1.29 is 27.6 Å². The first-order valence-corrected chi connectivity index (χ1v) is 4.85. The molecule has 19 heavy (non-hydrogen) atoms. The Bertz CT molecular complexity index is 663. The van der Waals surface area contributed by atoms with Crippen LogP contribution >= 0.6 is 0 Å². The fourth-order valence-electron chi connectivity index (χ4n) is 1.36. The molecule has 9 heteroatoms. The quantitative estimate of drug-likeness (QED) is 0.870. The first kappa shape index (κ1) is 12.9. The second-order valence-electron chi connectivity index (χ2n) is 3.51. The van der Waals surface area contributed by atoms with Crippen molar-refractivity contribution >= 4 is 22.9 Å². The summed E-state index contributed by atoms with van der Waals surface area (Å²) in [6.45, 7) is 0. The van der Waals surface area contributed by atoms with E-state index in [1.807, 2.05) is 0 Å². The fourth-order valence-corrected chi connectivity index (χ4v) is 1.36. The predicted octanol–water partition coefficient (Wildman–Crippen LogP) is 0.653. The van der Waals surface area contributed by atoms with E-state index in [-0.39, 0.29) is 16.6 Å². The van der Waals surface area contributed by atoms with Gasteiger partial charge in [0.25, 0.3) is 0 Å². The molecule has 2 rings (SSSR count). The number of hydrogen-bond donors (Lipinski definition) is 1. The second kappa shape index (κ2) is 4.26. The Balaban J connectivity index is 2.36. The lowest BCUT2D eigenvalue weighted by atomic mass is 10.2. The molecule has 0 aliphatic heterocycles. The highest BCUT2D eigenvalue weighted by molar-refractivity contribution is 5.96. The number of amides is 1. The SMILES string of the molecule is NC(=O)c1ccc2c(c1)ncn2OC(=O)C(F)(F)F. The number of nitrogens with two attached hydrogens (primary N) is 1. The molecule has 0 unspecified atom stereocenters. The molecule has 0 saturated heterocycles. The van der Waals surface area contributed by atoms with Crippen molar-refractivity contribution in [3.8, 4) is 0 Å². The van der Waals surface area contributed by atoms with Gasteiger partial charge in [0.05, 0.1) is 5.52 Å². The monoisotopic (exact) mass is 273 g/mol. The third-order valence-electron chi connectivity index (χ3n) is 2.21. The number of hydrogen-bond acceptors (Lipinski definition) is 4. The van der Waals surface area contributed by atoms with E-state index < -0.39 is 18.1 Å². The zero-order valence-corrected chi connectivity index (χ0v) is 9.14. The molecule has 2 N–H and O–H groups in total. The highest BCUT2D eigenvalue weighted by atomic mass is 19.4. The maximum absolute atomic E-state index is 12.0. The minimum atomic E-state index is -5.11. The highest BCUT2D eigenvalue weighted by Gasteiger charge is 2.42. The lowest BCUT2D eigenvalue weighted by molar-refractivity contribution is -0.199. The molecule has 1 aromatic carbocycles. The smallest absolute Gasteiger partial charge is 0.366 e. The van der Waals surface area contributed by atoms with Gasteiger partial charge in [-0.2, -0.15) is 17.9 Å². The Labute approximate surface area is 103 Å². The molecule has 0 aliphatic rings.